The fourth-order valence-electron chi connectivity index (χ4n) is 2.64. The molecule has 28 heavy (non-hydrogen) atoms. The monoisotopic (exact) mass is 397 g/mol. The topological polar surface area (TPSA) is 47.5 Å². The summed E-state index contributed by atoms with van der Waals surface area (Å²) in [6, 6.07) is 7.20. The number of ether oxygens (including phenoxy) is 2. The number of rotatable bonds is 10. The lowest BCUT2D eigenvalue weighted by atomic mass is 10.2. The normalized spacial score (nSPS) is 11.4. The first-order valence-corrected chi connectivity index (χ1v) is 9.41. The Morgan fingerprint density at radius 1 is 1.04 bits per heavy atom. The predicted octanol–water partition coefficient (Wildman–Crippen LogP) is 5.62. The third kappa shape index (κ3) is 5.74. The molecule has 0 radical (unpaired) electrons. The van der Waals surface area contributed by atoms with Gasteiger partial charge in [0.1, 0.15) is 11.3 Å². The Bertz CT molecular complexity index is 754. The van der Waals surface area contributed by atoms with Crippen LogP contribution in [0, 0.1) is 0 Å². The molecule has 0 saturated heterocycles. The Morgan fingerprint density at radius 2 is 1.79 bits per heavy atom. The van der Waals surface area contributed by atoms with E-state index < -0.39 is 17.6 Å². The smallest absolute Gasteiger partial charge is 0.423 e. The summed E-state index contributed by atoms with van der Waals surface area (Å²) >= 11 is 0. The van der Waals surface area contributed by atoms with Crippen molar-refractivity contribution in [2.45, 2.75) is 45.7 Å². The van der Waals surface area contributed by atoms with Gasteiger partial charge in [-0.25, -0.2) is 4.98 Å². The number of anilines is 2. The van der Waals surface area contributed by atoms with Gasteiger partial charge in [-0.3, -0.25) is 0 Å². The van der Waals surface area contributed by atoms with Crippen molar-refractivity contribution in [3.05, 3.63) is 36.0 Å². The molecule has 0 bridgehead atoms. The zero-order valence-electron chi connectivity index (χ0n) is 16.4. The summed E-state index contributed by atoms with van der Waals surface area (Å²) in [5.41, 5.74) is -0.323. The van der Waals surface area contributed by atoms with Gasteiger partial charge in [0.15, 0.2) is 0 Å². The van der Waals surface area contributed by atoms with E-state index in [0.29, 0.717) is 24.5 Å². The zero-order chi connectivity index (χ0) is 20.6. The van der Waals surface area contributed by atoms with Crippen molar-refractivity contribution in [3.8, 4) is 11.6 Å². The minimum absolute atomic E-state index is 0.101. The molecule has 5 nitrogen and oxygen atoms in total. The second kappa shape index (κ2) is 10.1. The van der Waals surface area contributed by atoms with Crippen molar-refractivity contribution in [2.24, 2.45) is 0 Å². The second-order valence-electron chi connectivity index (χ2n) is 6.26. The Labute approximate surface area is 163 Å². The van der Waals surface area contributed by atoms with Crippen LogP contribution in [-0.4, -0.2) is 30.2 Å². The number of para-hydroxylation sites is 2. The number of unbranched alkanes of at least 4 members (excludes halogenated alkanes) is 3. The molecule has 0 spiro atoms. The molecule has 0 fully saturated rings. The molecular weight excluding hydrogens is 371 g/mol. The minimum atomic E-state index is -4.58. The van der Waals surface area contributed by atoms with Gasteiger partial charge >= 0.3 is 6.18 Å². The van der Waals surface area contributed by atoms with Crippen LogP contribution in [0.3, 0.4) is 0 Å². The number of hydrogen-bond acceptors (Lipinski definition) is 5. The average Bonchev–Trinajstić information content (AvgIpc) is 2.67. The highest BCUT2D eigenvalue weighted by atomic mass is 19.4. The molecule has 154 valence electrons. The minimum Gasteiger partial charge on any atom is -0.492 e. The molecule has 2 aromatic rings. The fraction of sp³-hybridized carbons (Fsp3) is 0.500. The molecule has 0 aliphatic rings. The summed E-state index contributed by atoms with van der Waals surface area (Å²) in [6.07, 6.45) is -0.190. The maximum absolute atomic E-state index is 13.3. The molecule has 0 aliphatic carbocycles. The lowest BCUT2D eigenvalue weighted by Gasteiger charge is -2.21. The second-order valence-corrected chi connectivity index (χ2v) is 6.26. The molecule has 2 rings (SSSR count). The molecule has 0 saturated carbocycles. The molecule has 0 aliphatic heterocycles. The van der Waals surface area contributed by atoms with Gasteiger partial charge in [-0.2, -0.15) is 18.2 Å². The number of hydrogen-bond donors (Lipinski definition) is 0. The predicted molar refractivity (Wildman–Crippen MR) is 102 cm³/mol. The van der Waals surface area contributed by atoms with E-state index in [4.69, 9.17) is 9.47 Å². The van der Waals surface area contributed by atoms with E-state index in [1.54, 1.807) is 24.1 Å². The van der Waals surface area contributed by atoms with E-state index in [-0.39, 0.29) is 12.6 Å². The van der Waals surface area contributed by atoms with Crippen molar-refractivity contribution in [1.82, 2.24) is 9.97 Å². The van der Waals surface area contributed by atoms with Crippen molar-refractivity contribution in [3.63, 3.8) is 0 Å². The van der Waals surface area contributed by atoms with Crippen LogP contribution in [0.2, 0.25) is 0 Å². The van der Waals surface area contributed by atoms with Gasteiger partial charge in [0.2, 0.25) is 11.8 Å². The molecule has 1 heterocycles. The van der Waals surface area contributed by atoms with E-state index in [1.165, 1.54) is 0 Å². The van der Waals surface area contributed by atoms with Crippen molar-refractivity contribution in [1.29, 1.82) is 0 Å². The van der Waals surface area contributed by atoms with E-state index in [9.17, 15) is 13.2 Å². The van der Waals surface area contributed by atoms with Crippen LogP contribution < -0.4 is 14.4 Å². The maximum atomic E-state index is 13.3. The molecular formula is C20H26F3N3O2. The Morgan fingerprint density at radius 3 is 2.46 bits per heavy atom. The fourth-order valence-corrected chi connectivity index (χ4v) is 2.64. The Balaban J connectivity index is 2.28. The van der Waals surface area contributed by atoms with Gasteiger partial charge in [-0.05, 0) is 25.5 Å². The van der Waals surface area contributed by atoms with E-state index in [0.717, 1.165) is 25.5 Å². The van der Waals surface area contributed by atoms with E-state index in [1.807, 2.05) is 19.1 Å². The summed E-state index contributed by atoms with van der Waals surface area (Å²) in [6.45, 7) is 4.56. The van der Waals surface area contributed by atoms with Crippen LogP contribution in [0.4, 0.5) is 24.8 Å². The summed E-state index contributed by atoms with van der Waals surface area (Å²) in [7, 11) is 1.67. The van der Waals surface area contributed by atoms with Crippen LogP contribution in [0.15, 0.2) is 30.5 Å². The number of aromatic nitrogens is 2. The zero-order valence-corrected chi connectivity index (χ0v) is 16.4. The lowest BCUT2D eigenvalue weighted by Crippen LogP contribution is -2.18. The van der Waals surface area contributed by atoms with Crippen LogP contribution in [0.25, 0.3) is 0 Å². The standard InChI is InChI=1S/C20H26F3N3O2/c1-4-6-7-10-13-28-18-15(20(21,22)23)14-24-19(25-18)26(3)16-11-8-9-12-17(16)27-5-2/h8-9,11-12,14H,4-7,10,13H2,1-3H3. The molecule has 0 N–H and O–H groups in total. The maximum Gasteiger partial charge on any atom is 0.423 e. The average molecular weight is 397 g/mol. The van der Waals surface area contributed by atoms with Gasteiger partial charge in [0, 0.05) is 13.2 Å². The third-order valence-electron chi connectivity index (χ3n) is 4.11. The summed E-state index contributed by atoms with van der Waals surface area (Å²) < 4.78 is 50.9. The SMILES string of the molecule is CCCCCCOc1nc(N(C)c2ccccc2OCC)ncc1C(F)(F)F. The number of nitrogens with zero attached hydrogens (tertiary/aromatic N) is 3. The van der Waals surface area contributed by atoms with Crippen LogP contribution in [0.5, 0.6) is 11.6 Å². The molecule has 1 aromatic heterocycles. The first kappa shape index (κ1) is 21.8. The van der Waals surface area contributed by atoms with Gasteiger partial charge in [0.05, 0.1) is 18.9 Å². The largest absolute Gasteiger partial charge is 0.492 e. The van der Waals surface area contributed by atoms with Crippen molar-refractivity contribution < 1.29 is 22.6 Å². The third-order valence-corrected chi connectivity index (χ3v) is 4.11. The van der Waals surface area contributed by atoms with Crippen molar-refractivity contribution >= 4 is 11.6 Å². The quantitative estimate of drug-likeness (QED) is 0.487. The molecule has 8 heteroatoms. The van der Waals surface area contributed by atoms with E-state index in [2.05, 4.69) is 16.9 Å². The van der Waals surface area contributed by atoms with Crippen LogP contribution in [0.1, 0.15) is 45.1 Å². The number of halogens is 3. The Hall–Kier alpha value is -2.51. The van der Waals surface area contributed by atoms with Gasteiger partial charge < -0.3 is 14.4 Å². The molecule has 0 unspecified atom stereocenters. The first-order chi connectivity index (χ1) is 13.4. The van der Waals surface area contributed by atoms with Crippen LogP contribution >= 0.6 is 0 Å². The van der Waals surface area contributed by atoms with Gasteiger partial charge in [-0.15, -0.1) is 0 Å². The van der Waals surface area contributed by atoms with Crippen molar-refractivity contribution in [2.75, 3.05) is 25.2 Å². The molecule has 0 atom stereocenters. The number of alkyl halides is 3. The number of benzene rings is 1. The molecule has 1 aromatic carbocycles. The molecule has 0 amide bonds. The summed E-state index contributed by atoms with van der Waals surface area (Å²) in [5.74, 6) is 0.247. The highest BCUT2D eigenvalue weighted by Crippen LogP contribution is 2.37. The van der Waals surface area contributed by atoms with Gasteiger partial charge in [-0.1, -0.05) is 38.3 Å². The summed E-state index contributed by atoms with van der Waals surface area (Å²) in [5, 5.41) is 0. The highest BCUT2D eigenvalue weighted by molar-refractivity contribution is 5.65. The lowest BCUT2D eigenvalue weighted by molar-refractivity contribution is -0.139. The van der Waals surface area contributed by atoms with Crippen LogP contribution in [-0.2, 0) is 6.18 Å². The first-order valence-electron chi connectivity index (χ1n) is 9.41. The van der Waals surface area contributed by atoms with Gasteiger partial charge in [0.25, 0.3) is 0 Å². The highest BCUT2D eigenvalue weighted by Gasteiger charge is 2.36. The Kier molecular flexibility index (Phi) is 7.90. The van der Waals surface area contributed by atoms with E-state index >= 15 is 0 Å². The summed E-state index contributed by atoms with van der Waals surface area (Å²) in [4.78, 5) is 9.53.